The van der Waals surface area contributed by atoms with Gasteiger partial charge >= 0.3 is 12.1 Å². The average Bonchev–Trinajstić information content (AvgIpc) is 2.72. The van der Waals surface area contributed by atoms with Crippen molar-refractivity contribution in [1.82, 2.24) is 0 Å². The third kappa shape index (κ3) is 6.06. The Kier molecular flexibility index (Phi) is 6.69. The molecule has 0 fully saturated rings. The zero-order valence-corrected chi connectivity index (χ0v) is 16.2. The van der Waals surface area contributed by atoms with Gasteiger partial charge in [0, 0.05) is 17.3 Å². The lowest BCUT2D eigenvalue weighted by atomic mass is 10.2. The predicted molar refractivity (Wildman–Crippen MR) is 111 cm³/mol. The monoisotopic (exact) mass is 429 g/mol. The van der Waals surface area contributed by atoms with Crippen LogP contribution in [0, 0.1) is 0 Å². The molecule has 3 nitrogen and oxygen atoms in total. The zero-order chi connectivity index (χ0) is 21.6. The maximum atomic E-state index is 12.7. The van der Waals surface area contributed by atoms with Crippen LogP contribution in [0.5, 0.6) is 5.75 Å². The molecule has 0 spiro atoms. The fourth-order valence-electron chi connectivity index (χ4n) is 2.45. The molecule has 152 valence electrons. The standard InChI is InChI=1S/C23H15ClF3NO2/c24-21-7-2-1-4-17(21)10-13-22(29)30-20-11-8-16(9-12-20)15-28-19-6-3-5-18(14-19)23(25,26)27/h1-15H/b13-10+,28-15?. The number of carbonyl (C=O) groups excluding carboxylic acids is 1. The molecule has 0 bridgehead atoms. The van der Waals surface area contributed by atoms with E-state index in [1.807, 2.05) is 0 Å². The Labute approximate surface area is 176 Å². The maximum absolute atomic E-state index is 12.7. The molecule has 7 heteroatoms. The highest BCUT2D eigenvalue weighted by atomic mass is 35.5. The van der Waals surface area contributed by atoms with Crippen LogP contribution in [-0.2, 0) is 11.0 Å². The van der Waals surface area contributed by atoms with Crippen molar-refractivity contribution < 1.29 is 22.7 Å². The van der Waals surface area contributed by atoms with Crippen molar-refractivity contribution in [3.63, 3.8) is 0 Å². The van der Waals surface area contributed by atoms with Crippen molar-refractivity contribution in [2.24, 2.45) is 4.99 Å². The summed E-state index contributed by atoms with van der Waals surface area (Å²) in [6.45, 7) is 0. The van der Waals surface area contributed by atoms with Crippen molar-refractivity contribution in [1.29, 1.82) is 0 Å². The third-order valence-electron chi connectivity index (χ3n) is 3.94. The van der Waals surface area contributed by atoms with Gasteiger partial charge in [-0.05, 0) is 65.7 Å². The number of hydrogen-bond acceptors (Lipinski definition) is 3. The number of carbonyl (C=O) groups is 1. The lowest BCUT2D eigenvalue weighted by Crippen LogP contribution is -2.03. The van der Waals surface area contributed by atoms with Crippen molar-refractivity contribution in [2.45, 2.75) is 6.18 Å². The van der Waals surface area contributed by atoms with E-state index in [1.54, 1.807) is 54.6 Å². The van der Waals surface area contributed by atoms with E-state index in [4.69, 9.17) is 16.3 Å². The predicted octanol–water partition coefficient (Wildman–Crippen LogP) is 6.73. The molecule has 0 saturated heterocycles. The molecule has 0 heterocycles. The quantitative estimate of drug-likeness (QED) is 0.195. The molecule has 0 radical (unpaired) electrons. The molecule has 0 aliphatic carbocycles. The summed E-state index contributed by atoms with van der Waals surface area (Å²) < 4.78 is 43.4. The largest absolute Gasteiger partial charge is 0.423 e. The summed E-state index contributed by atoms with van der Waals surface area (Å²) in [6, 6.07) is 18.2. The van der Waals surface area contributed by atoms with Gasteiger partial charge in [-0.25, -0.2) is 4.79 Å². The van der Waals surface area contributed by atoms with Crippen molar-refractivity contribution >= 4 is 35.5 Å². The first-order valence-electron chi connectivity index (χ1n) is 8.77. The van der Waals surface area contributed by atoms with E-state index in [1.165, 1.54) is 24.4 Å². The normalized spacial score (nSPS) is 11.9. The van der Waals surface area contributed by atoms with Gasteiger partial charge in [0.1, 0.15) is 5.75 Å². The first-order chi connectivity index (χ1) is 14.3. The van der Waals surface area contributed by atoms with Crippen LogP contribution in [0.4, 0.5) is 18.9 Å². The molecule has 0 saturated carbocycles. The summed E-state index contributed by atoms with van der Waals surface area (Å²) in [4.78, 5) is 16.0. The molecular weight excluding hydrogens is 415 g/mol. The minimum Gasteiger partial charge on any atom is -0.423 e. The lowest BCUT2D eigenvalue weighted by Gasteiger charge is -2.06. The summed E-state index contributed by atoms with van der Waals surface area (Å²) in [6.07, 6.45) is -0.166. The number of rotatable bonds is 5. The number of esters is 1. The highest BCUT2D eigenvalue weighted by Gasteiger charge is 2.30. The fraction of sp³-hybridized carbons (Fsp3) is 0.0435. The van der Waals surface area contributed by atoms with Gasteiger partial charge in [-0.3, -0.25) is 4.99 Å². The summed E-state index contributed by atoms with van der Waals surface area (Å²) in [5.41, 5.74) is 0.755. The van der Waals surface area contributed by atoms with E-state index in [-0.39, 0.29) is 5.69 Å². The minimum atomic E-state index is -4.42. The molecule has 0 N–H and O–H groups in total. The topological polar surface area (TPSA) is 38.7 Å². The van der Waals surface area contributed by atoms with Crippen molar-refractivity contribution in [3.05, 3.63) is 101 Å². The van der Waals surface area contributed by atoms with Gasteiger partial charge < -0.3 is 4.74 Å². The molecular formula is C23H15ClF3NO2. The Balaban J connectivity index is 1.62. The number of halogens is 4. The van der Waals surface area contributed by atoms with Crippen LogP contribution in [0.3, 0.4) is 0 Å². The van der Waals surface area contributed by atoms with Crippen LogP contribution in [-0.4, -0.2) is 12.2 Å². The minimum absolute atomic E-state index is 0.185. The average molecular weight is 430 g/mol. The number of nitrogens with zero attached hydrogens (tertiary/aromatic N) is 1. The molecule has 3 aromatic rings. The van der Waals surface area contributed by atoms with Crippen LogP contribution in [0.15, 0.2) is 83.9 Å². The Morgan fingerprint density at radius 3 is 2.40 bits per heavy atom. The van der Waals surface area contributed by atoms with Crippen LogP contribution < -0.4 is 4.74 Å². The smallest absolute Gasteiger partial charge is 0.416 e. The molecule has 0 aliphatic heterocycles. The second-order valence-corrected chi connectivity index (χ2v) is 6.56. The highest BCUT2D eigenvalue weighted by Crippen LogP contribution is 2.31. The number of ether oxygens (including phenoxy) is 1. The Morgan fingerprint density at radius 2 is 1.70 bits per heavy atom. The van der Waals surface area contributed by atoms with Gasteiger partial charge in [-0.1, -0.05) is 35.9 Å². The SMILES string of the molecule is O=C(/C=C/c1ccccc1Cl)Oc1ccc(C=Nc2cccc(C(F)(F)F)c2)cc1. The van der Waals surface area contributed by atoms with E-state index in [0.717, 1.165) is 12.1 Å². The van der Waals surface area contributed by atoms with Crippen molar-refractivity contribution in [3.8, 4) is 5.75 Å². The van der Waals surface area contributed by atoms with E-state index in [0.29, 0.717) is 21.9 Å². The van der Waals surface area contributed by atoms with E-state index >= 15 is 0 Å². The molecule has 3 rings (SSSR count). The Morgan fingerprint density at radius 1 is 0.967 bits per heavy atom. The van der Waals surface area contributed by atoms with Crippen molar-refractivity contribution in [2.75, 3.05) is 0 Å². The molecule has 30 heavy (non-hydrogen) atoms. The van der Waals surface area contributed by atoms with Gasteiger partial charge in [0.2, 0.25) is 0 Å². The summed E-state index contributed by atoms with van der Waals surface area (Å²) in [5, 5.41) is 0.519. The molecule has 0 unspecified atom stereocenters. The molecule has 0 aliphatic rings. The van der Waals surface area contributed by atoms with E-state index in [9.17, 15) is 18.0 Å². The first kappa shape index (κ1) is 21.3. The second-order valence-electron chi connectivity index (χ2n) is 6.15. The molecule has 0 amide bonds. The van der Waals surface area contributed by atoms with E-state index < -0.39 is 17.7 Å². The van der Waals surface area contributed by atoms with Gasteiger partial charge in [0.25, 0.3) is 0 Å². The maximum Gasteiger partial charge on any atom is 0.416 e. The van der Waals surface area contributed by atoms with Crippen LogP contribution in [0.25, 0.3) is 6.08 Å². The van der Waals surface area contributed by atoms with Crippen LogP contribution in [0.2, 0.25) is 5.02 Å². The summed E-state index contributed by atoms with van der Waals surface area (Å²) in [7, 11) is 0. The van der Waals surface area contributed by atoms with Crippen LogP contribution >= 0.6 is 11.6 Å². The number of aliphatic imine (C=N–C) groups is 1. The highest BCUT2D eigenvalue weighted by molar-refractivity contribution is 6.32. The second kappa shape index (κ2) is 9.41. The van der Waals surface area contributed by atoms with E-state index in [2.05, 4.69) is 4.99 Å². The first-order valence-corrected chi connectivity index (χ1v) is 9.15. The molecule has 0 atom stereocenters. The van der Waals surface area contributed by atoms with Gasteiger partial charge in [0.15, 0.2) is 0 Å². The molecule has 3 aromatic carbocycles. The number of benzene rings is 3. The summed E-state index contributed by atoms with van der Waals surface area (Å²) >= 11 is 6.02. The number of hydrogen-bond donors (Lipinski definition) is 0. The number of alkyl halides is 3. The van der Waals surface area contributed by atoms with Gasteiger partial charge in [-0.15, -0.1) is 0 Å². The summed E-state index contributed by atoms with van der Waals surface area (Å²) in [5.74, 6) is -0.250. The third-order valence-corrected chi connectivity index (χ3v) is 4.28. The Bertz CT molecular complexity index is 1090. The molecule has 0 aromatic heterocycles. The van der Waals surface area contributed by atoms with Gasteiger partial charge in [-0.2, -0.15) is 13.2 Å². The lowest BCUT2D eigenvalue weighted by molar-refractivity contribution is -0.137. The van der Waals surface area contributed by atoms with Crippen LogP contribution in [0.1, 0.15) is 16.7 Å². The fourth-order valence-corrected chi connectivity index (χ4v) is 2.65. The van der Waals surface area contributed by atoms with Gasteiger partial charge in [0.05, 0.1) is 11.3 Å². The zero-order valence-electron chi connectivity index (χ0n) is 15.4. The Hall–Kier alpha value is -3.38.